The summed E-state index contributed by atoms with van der Waals surface area (Å²) < 4.78 is 13.6. The number of piperazine rings is 1. The fraction of sp³-hybridized carbons (Fsp3) is 0.389. The molecule has 1 fully saturated rings. The minimum Gasteiger partial charge on any atom is -0.336 e. The van der Waals surface area contributed by atoms with Gasteiger partial charge in [-0.05, 0) is 30.6 Å². The highest BCUT2D eigenvalue weighted by molar-refractivity contribution is 7.10. The molecular formula is C18H23FN4OS. The molecule has 1 aliphatic heterocycles. The molecule has 7 heteroatoms. The summed E-state index contributed by atoms with van der Waals surface area (Å²) in [6.45, 7) is 4.46. The van der Waals surface area contributed by atoms with E-state index < -0.39 is 5.82 Å². The van der Waals surface area contributed by atoms with Gasteiger partial charge in [-0.1, -0.05) is 18.2 Å². The van der Waals surface area contributed by atoms with Crippen LogP contribution in [0, 0.1) is 5.82 Å². The van der Waals surface area contributed by atoms with Crippen LogP contribution in [0.2, 0.25) is 0 Å². The van der Waals surface area contributed by atoms with Crippen LogP contribution in [-0.4, -0.2) is 55.6 Å². The molecule has 2 N–H and O–H groups in total. The molecule has 3 rings (SSSR count). The van der Waals surface area contributed by atoms with Gasteiger partial charge >= 0.3 is 6.03 Å². The summed E-state index contributed by atoms with van der Waals surface area (Å²) in [7, 11) is 2.12. The molecule has 1 aliphatic rings. The summed E-state index contributed by atoms with van der Waals surface area (Å²) in [5.41, 5.74) is 0.187. The lowest BCUT2D eigenvalue weighted by Gasteiger charge is -2.37. The number of benzene rings is 1. The number of nitrogens with zero attached hydrogens (tertiary/aromatic N) is 2. The first-order chi connectivity index (χ1) is 12.1. The van der Waals surface area contributed by atoms with Crippen molar-refractivity contribution < 1.29 is 9.18 Å². The van der Waals surface area contributed by atoms with Gasteiger partial charge in [0.1, 0.15) is 5.82 Å². The first-order valence-electron chi connectivity index (χ1n) is 8.39. The van der Waals surface area contributed by atoms with Crippen LogP contribution in [0.1, 0.15) is 10.9 Å². The minimum atomic E-state index is -0.438. The number of likely N-dealkylation sites (N-methyl/N-ethyl adjacent to an activating group) is 1. The van der Waals surface area contributed by atoms with Crippen molar-refractivity contribution in [3.63, 3.8) is 0 Å². The predicted octanol–water partition coefficient (Wildman–Crippen LogP) is 3.00. The van der Waals surface area contributed by atoms with E-state index in [0.717, 1.165) is 26.2 Å². The van der Waals surface area contributed by atoms with Crippen molar-refractivity contribution in [2.75, 3.05) is 45.1 Å². The molecule has 25 heavy (non-hydrogen) atoms. The third-order valence-electron chi connectivity index (χ3n) is 4.43. The normalized spacial score (nSPS) is 17.2. The average molecular weight is 362 g/mol. The number of carbonyl (C=O) groups is 1. The van der Waals surface area contributed by atoms with Crippen molar-refractivity contribution in [3.05, 3.63) is 52.5 Å². The highest BCUT2D eigenvalue weighted by atomic mass is 32.1. The summed E-state index contributed by atoms with van der Waals surface area (Å²) in [6.07, 6.45) is 0. The van der Waals surface area contributed by atoms with Gasteiger partial charge in [0.2, 0.25) is 0 Å². The number of hydrogen-bond acceptors (Lipinski definition) is 4. The van der Waals surface area contributed by atoms with E-state index in [0.29, 0.717) is 6.54 Å². The quantitative estimate of drug-likeness (QED) is 0.860. The van der Waals surface area contributed by atoms with E-state index in [1.807, 2.05) is 6.07 Å². The summed E-state index contributed by atoms with van der Waals surface area (Å²) in [5.74, 6) is -0.438. The number of nitrogens with one attached hydrogen (secondary N) is 2. The maximum atomic E-state index is 13.6. The number of rotatable bonds is 5. The van der Waals surface area contributed by atoms with E-state index in [1.165, 1.54) is 10.9 Å². The third-order valence-corrected chi connectivity index (χ3v) is 5.40. The summed E-state index contributed by atoms with van der Waals surface area (Å²) in [5, 5.41) is 7.52. The molecule has 0 unspecified atom stereocenters. The first kappa shape index (κ1) is 17.8. The van der Waals surface area contributed by atoms with Crippen LogP contribution in [0.15, 0.2) is 41.8 Å². The molecule has 2 aromatic rings. The number of carbonyl (C=O) groups excluding carboxylic acids is 1. The Labute approximate surface area is 151 Å². The Hall–Kier alpha value is -1.96. The molecule has 1 saturated heterocycles. The number of hydrogen-bond donors (Lipinski definition) is 2. The van der Waals surface area contributed by atoms with Gasteiger partial charge in [-0.3, -0.25) is 4.90 Å². The molecule has 0 bridgehead atoms. The molecule has 1 aromatic carbocycles. The Morgan fingerprint density at radius 1 is 1.20 bits per heavy atom. The van der Waals surface area contributed by atoms with Gasteiger partial charge in [-0.15, -0.1) is 11.3 Å². The van der Waals surface area contributed by atoms with Gasteiger partial charge in [0.25, 0.3) is 0 Å². The summed E-state index contributed by atoms with van der Waals surface area (Å²) in [4.78, 5) is 18.1. The Balaban J connectivity index is 1.61. The van der Waals surface area contributed by atoms with Crippen molar-refractivity contribution in [1.29, 1.82) is 0 Å². The number of thiophene rings is 1. The number of amides is 2. The second-order valence-electron chi connectivity index (χ2n) is 6.19. The Bertz CT molecular complexity index is 686. The zero-order valence-corrected chi connectivity index (χ0v) is 15.1. The lowest BCUT2D eigenvalue weighted by Crippen LogP contribution is -2.48. The zero-order valence-electron chi connectivity index (χ0n) is 14.2. The first-order valence-corrected chi connectivity index (χ1v) is 9.27. The molecular weight excluding hydrogens is 339 g/mol. The highest BCUT2D eigenvalue weighted by Gasteiger charge is 2.25. The number of para-hydroxylation sites is 1. The molecule has 0 aliphatic carbocycles. The predicted molar refractivity (Wildman–Crippen MR) is 99.6 cm³/mol. The standard InChI is InChI=1S/C18H23FN4OS/c1-22-8-10-23(11-9-22)16(17-7-4-12-25-17)13-20-18(24)21-15-6-3-2-5-14(15)19/h2-7,12,16H,8-11,13H2,1H3,(H2,20,21,24)/t16-/m1/s1. The van der Waals surface area contributed by atoms with E-state index in [1.54, 1.807) is 29.5 Å². The van der Waals surface area contributed by atoms with Crippen LogP contribution >= 0.6 is 11.3 Å². The van der Waals surface area contributed by atoms with Crippen molar-refractivity contribution >= 4 is 23.1 Å². The maximum Gasteiger partial charge on any atom is 0.319 e. The molecule has 134 valence electrons. The molecule has 5 nitrogen and oxygen atoms in total. The van der Waals surface area contributed by atoms with Crippen LogP contribution in [0.3, 0.4) is 0 Å². The molecule has 0 radical (unpaired) electrons. The fourth-order valence-corrected chi connectivity index (χ4v) is 3.80. The van der Waals surface area contributed by atoms with E-state index in [9.17, 15) is 9.18 Å². The van der Waals surface area contributed by atoms with E-state index >= 15 is 0 Å². The van der Waals surface area contributed by atoms with E-state index in [4.69, 9.17) is 0 Å². The molecule has 2 heterocycles. The fourth-order valence-electron chi connectivity index (χ4n) is 2.94. The summed E-state index contributed by atoms with van der Waals surface area (Å²) >= 11 is 1.70. The molecule has 1 atom stereocenters. The zero-order chi connectivity index (χ0) is 17.6. The molecule has 0 saturated carbocycles. The highest BCUT2D eigenvalue weighted by Crippen LogP contribution is 2.25. The van der Waals surface area contributed by atoms with Gasteiger partial charge in [-0.2, -0.15) is 0 Å². The number of anilines is 1. The van der Waals surface area contributed by atoms with Gasteiger partial charge in [0, 0.05) is 37.6 Å². The number of halogens is 1. The average Bonchev–Trinajstić information content (AvgIpc) is 3.13. The van der Waals surface area contributed by atoms with Gasteiger partial charge in [0.15, 0.2) is 0 Å². The van der Waals surface area contributed by atoms with Gasteiger partial charge in [-0.25, -0.2) is 9.18 Å². The second kappa shape index (κ2) is 8.42. The second-order valence-corrected chi connectivity index (χ2v) is 7.16. The lowest BCUT2D eigenvalue weighted by molar-refractivity contribution is 0.113. The van der Waals surface area contributed by atoms with Crippen LogP contribution in [0.4, 0.5) is 14.9 Å². The topological polar surface area (TPSA) is 47.6 Å². The van der Waals surface area contributed by atoms with Crippen molar-refractivity contribution in [2.45, 2.75) is 6.04 Å². The van der Waals surface area contributed by atoms with E-state index in [2.05, 4.69) is 38.9 Å². The Kier molecular flexibility index (Phi) is 6.01. The SMILES string of the molecule is CN1CCN([C@H](CNC(=O)Nc2ccccc2F)c2cccs2)CC1. The van der Waals surface area contributed by atoms with Crippen molar-refractivity contribution in [3.8, 4) is 0 Å². The van der Waals surface area contributed by atoms with Gasteiger partial charge in [0.05, 0.1) is 11.7 Å². The largest absolute Gasteiger partial charge is 0.336 e. The molecule has 1 aromatic heterocycles. The van der Waals surface area contributed by atoms with Crippen LogP contribution in [0.25, 0.3) is 0 Å². The number of urea groups is 1. The lowest BCUT2D eigenvalue weighted by atomic mass is 10.1. The van der Waals surface area contributed by atoms with Crippen LogP contribution in [0.5, 0.6) is 0 Å². The Morgan fingerprint density at radius 3 is 2.64 bits per heavy atom. The minimum absolute atomic E-state index is 0.139. The van der Waals surface area contributed by atoms with Crippen LogP contribution in [-0.2, 0) is 0 Å². The summed E-state index contributed by atoms with van der Waals surface area (Å²) in [6, 6.07) is 10.0. The monoisotopic (exact) mass is 362 g/mol. The molecule has 2 amide bonds. The smallest absolute Gasteiger partial charge is 0.319 e. The third kappa shape index (κ3) is 4.78. The van der Waals surface area contributed by atoms with Crippen molar-refractivity contribution in [2.24, 2.45) is 0 Å². The van der Waals surface area contributed by atoms with Gasteiger partial charge < -0.3 is 15.5 Å². The van der Waals surface area contributed by atoms with E-state index in [-0.39, 0.29) is 17.8 Å². The maximum absolute atomic E-state index is 13.6. The van der Waals surface area contributed by atoms with Crippen molar-refractivity contribution in [1.82, 2.24) is 15.1 Å². The van der Waals surface area contributed by atoms with Crippen LogP contribution < -0.4 is 10.6 Å². The molecule has 0 spiro atoms. The Morgan fingerprint density at radius 2 is 1.96 bits per heavy atom.